The van der Waals surface area contributed by atoms with Gasteiger partial charge in [-0.15, -0.1) is 0 Å². The molecule has 30 heavy (non-hydrogen) atoms. The van der Waals surface area contributed by atoms with Crippen molar-refractivity contribution in [3.05, 3.63) is 35.4 Å². The van der Waals surface area contributed by atoms with E-state index < -0.39 is 5.41 Å². The molecule has 0 aliphatic carbocycles. The van der Waals surface area contributed by atoms with Gasteiger partial charge in [0.2, 0.25) is 11.8 Å². The average Bonchev–Trinajstić information content (AvgIpc) is 3.12. The van der Waals surface area contributed by atoms with Crippen molar-refractivity contribution in [2.45, 2.75) is 37.6 Å². The van der Waals surface area contributed by atoms with Crippen molar-refractivity contribution in [3.8, 4) is 0 Å². The SMILES string of the molecule is Cc1ccc(C2(C(=O)NC3CC(=O)N(CCN4CCOCC4)C3)CCOCC2)cc1. The number of morpholine rings is 1. The van der Waals surface area contributed by atoms with Gasteiger partial charge < -0.3 is 19.7 Å². The molecule has 7 nitrogen and oxygen atoms in total. The van der Waals surface area contributed by atoms with Crippen LogP contribution in [0.2, 0.25) is 0 Å². The van der Waals surface area contributed by atoms with E-state index in [0.29, 0.717) is 45.6 Å². The molecule has 3 aliphatic rings. The highest BCUT2D eigenvalue weighted by Gasteiger charge is 2.43. The molecule has 1 N–H and O–H groups in total. The summed E-state index contributed by atoms with van der Waals surface area (Å²) in [5.74, 6) is 0.160. The lowest BCUT2D eigenvalue weighted by Gasteiger charge is -2.37. The Morgan fingerprint density at radius 2 is 1.73 bits per heavy atom. The van der Waals surface area contributed by atoms with Crippen LogP contribution in [0.4, 0.5) is 0 Å². The van der Waals surface area contributed by atoms with E-state index in [0.717, 1.165) is 38.4 Å². The highest BCUT2D eigenvalue weighted by Crippen LogP contribution is 2.35. The summed E-state index contributed by atoms with van der Waals surface area (Å²) in [6, 6.07) is 8.13. The molecule has 2 amide bonds. The number of ether oxygens (including phenoxy) is 2. The van der Waals surface area contributed by atoms with Crippen molar-refractivity contribution in [1.29, 1.82) is 0 Å². The van der Waals surface area contributed by atoms with Crippen molar-refractivity contribution in [2.75, 3.05) is 59.2 Å². The molecule has 164 valence electrons. The Labute approximate surface area is 178 Å². The molecular formula is C23H33N3O4. The summed E-state index contributed by atoms with van der Waals surface area (Å²) in [6.45, 7) is 8.74. The predicted octanol–water partition coefficient (Wildman–Crippen LogP) is 1.09. The van der Waals surface area contributed by atoms with Gasteiger partial charge in [0.15, 0.2) is 0 Å². The van der Waals surface area contributed by atoms with Gasteiger partial charge in [0.1, 0.15) is 0 Å². The first kappa shape index (κ1) is 21.3. The summed E-state index contributed by atoms with van der Waals surface area (Å²) >= 11 is 0. The van der Waals surface area contributed by atoms with Crippen molar-refractivity contribution in [1.82, 2.24) is 15.1 Å². The molecule has 1 atom stereocenters. The predicted molar refractivity (Wildman–Crippen MR) is 113 cm³/mol. The Kier molecular flexibility index (Phi) is 6.71. The summed E-state index contributed by atoms with van der Waals surface area (Å²) in [7, 11) is 0. The second-order valence-electron chi connectivity index (χ2n) is 8.73. The fraction of sp³-hybridized carbons (Fsp3) is 0.652. The molecule has 0 bridgehead atoms. The van der Waals surface area contributed by atoms with Gasteiger partial charge in [0.25, 0.3) is 0 Å². The van der Waals surface area contributed by atoms with Crippen LogP contribution >= 0.6 is 0 Å². The lowest BCUT2D eigenvalue weighted by molar-refractivity contribution is -0.131. The minimum absolute atomic E-state index is 0.0301. The highest BCUT2D eigenvalue weighted by molar-refractivity contribution is 5.90. The first-order valence-electron chi connectivity index (χ1n) is 11.1. The Morgan fingerprint density at radius 3 is 2.43 bits per heavy atom. The normalized spacial score (nSPS) is 24.8. The van der Waals surface area contributed by atoms with Gasteiger partial charge >= 0.3 is 0 Å². The number of hydrogen-bond donors (Lipinski definition) is 1. The molecule has 1 unspecified atom stereocenters. The van der Waals surface area contributed by atoms with Crippen LogP contribution in [0.5, 0.6) is 0 Å². The maximum atomic E-state index is 13.5. The summed E-state index contributed by atoms with van der Waals surface area (Å²) in [5, 5.41) is 3.21. The summed E-state index contributed by atoms with van der Waals surface area (Å²) < 4.78 is 10.9. The zero-order chi connectivity index (χ0) is 21.0. The van der Waals surface area contributed by atoms with Crippen LogP contribution in [-0.2, 0) is 24.5 Å². The fourth-order valence-corrected chi connectivity index (χ4v) is 4.73. The number of nitrogens with one attached hydrogen (secondary N) is 1. The number of carbonyl (C=O) groups is 2. The average molecular weight is 416 g/mol. The van der Waals surface area contributed by atoms with Crippen LogP contribution in [0, 0.1) is 6.92 Å². The first-order valence-corrected chi connectivity index (χ1v) is 11.1. The highest BCUT2D eigenvalue weighted by atomic mass is 16.5. The van der Waals surface area contributed by atoms with Crippen molar-refractivity contribution < 1.29 is 19.1 Å². The van der Waals surface area contributed by atoms with E-state index in [2.05, 4.69) is 41.4 Å². The number of amides is 2. The molecule has 4 rings (SSSR count). The van der Waals surface area contributed by atoms with Gasteiger partial charge in [-0.2, -0.15) is 0 Å². The third-order valence-electron chi connectivity index (χ3n) is 6.72. The molecule has 0 aromatic heterocycles. The minimum atomic E-state index is -0.573. The minimum Gasteiger partial charge on any atom is -0.381 e. The largest absolute Gasteiger partial charge is 0.381 e. The lowest BCUT2D eigenvalue weighted by Crippen LogP contribution is -2.51. The van der Waals surface area contributed by atoms with E-state index in [1.807, 2.05) is 4.90 Å². The summed E-state index contributed by atoms with van der Waals surface area (Å²) in [4.78, 5) is 30.2. The van der Waals surface area contributed by atoms with Crippen LogP contribution in [0.1, 0.15) is 30.4 Å². The maximum Gasteiger partial charge on any atom is 0.231 e. The summed E-state index contributed by atoms with van der Waals surface area (Å²) in [6.07, 6.45) is 1.72. The number of nitrogens with zero attached hydrogens (tertiary/aromatic N) is 2. The third-order valence-corrected chi connectivity index (χ3v) is 6.72. The molecule has 7 heteroatoms. The number of aryl methyl sites for hydroxylation is 1. The van der Waals surface area contributed by atoms with Gasteiger partial charge in [-0.25, -0.2) is 0 Å². The van der Waals surface area contributed by atoms with Crippen LogP contribution in [-0.4, -0.2) is 86.8 Å². The van der Waals surface area contributed by atoms with Gasteiger partial charge in [0.05, 0.1) is 24.7 Å². The van der Waals surface area contributed by atoms with Crippen LogP contribution in [0.25, 0.3) is 0 Å². The number of carbonyl (C=O) groups excluding carboxylic acids is 2. The molecule has 1 aromatic carbocycles. The number of hydrogen-bond acceptors (Lipinski definition) is 5. The van der Waals surface area contributed by atoms with E-state index in [-0.39, 0.29) is 17.9 Å². The van der Waals surface area contributed by atoms with Gasteiger partial charge in [0, 0.05) is 52.4 Å². The van der Waals surface area contributed by atoms with Gasteiger partial charge in [-0.05, 0) is 25.3 Å². The quantitative estimate of drug-likeness (QED) is 0.753. The smallest absolute Gasteiger partial charge is 0.231 e. The van der Waals surface area contributed by atoms with Crippen LogP contribution in [0.3, 0.4) is 0 Å². The molecule has 0 saturated carbocycles. The molecule has 1 aromatic rings. The number of likely N-dealkylation sites (tertiary alicyclic amines) is 1. The zero-order valence-corrected chi connectivity index (χ0v) is 17.9. The zero-order valence-electron chi connectivity index (χ0n) is 17.9. The molecule has 0 radical (unpaired) electrons. The topological polar surface area (TPSA) is 71.1 Å². The number of benzene rings is 1. The maximum absolute atomic E-state index is 13.5. The van der Waals surface area contributed by atoms with E-state index >= 15 is 0 Å². The molecule has 3 aliphatic heterocycles. The molecule has 3 fully saturated rings. The molecule has 3 saturated heterocycles. The van der Waals surface area contributed by atoms with E-state index in [9.17, 15) is 9.59 Å². The van der Waals surface area contributed by atoms with Crippen LogP contribution in [0.15, 0.2) is 24.3 Å². The Hall–Kier alpha value is -1.96. The Balaban J connectivity index is 1.38. The van der Waals surface area contributed by atoms with E-state index in [1.165, 1.54) is 5.56 Å². The van der Waals surface area contributed by atoms with Crippen molar-refractivity contribution in [2.24, 2.45) is 0 Å². The van der Waals surface area contributed by atoms with Crippen molar-refractivity contribution in [3.63, 3.8) is 0 Å². The fourth-order valence-electron chi connectivity index (χ4n) is 4.73. The van der Waals surface area contributed by atoms with Crippen LogP contribution < -0.4 is 5.32 Å². The second-order valence-corrected chi connectivity index (χ2v) is 8.73. The monoisotopic (exact) mass is 415 g/mol. The molecular weight excluding hydrogens is 382 g/mol. The van der Waals surface area contributed by atoms with E-state index in [4.69, 9.17) is 9.47 Å². The Morgan fingerprint density at radius 1 is 1.07 bits per heavy atom. The van der Waals surface area contributed by atoms with E-state index in [1.54, 1.807) is 0 Å². The standard InChI is InChI=1S/C23H33N3O4/c1-18-2-4-19(5-3-18)23(6-12-29-13-7-23)22(28)24-20-16-21(27)26(17-20)9-8-25-10-14-30-15-11-25/h2-5,20H,6-17H2,1H3,(H,24,28). The first-order chi connectivity index (χ1) is 14.6. The summed E-state index contributed by atoms with van der Waals surface area (Å²) in [5.41, 5.74) is 1.65. The second kappa shape index (κ2) is 9.45. The molecule has 3 heterocycles. The molecule has 0 spiro atoms. The lowest BCUT2D eigenvalue weighted by atomic mass is 9.73. The number of rotatable bonds is 6. The van der Waals surface area contributed by atoms with Gasteiger partial charge in [-0.1, -0.05) is 29.8 Å². The third kappa shape index (κ3) is 4.68. The Bertz CT molecular complexity index is 739. The van der Waals surface area contributed by atoms with Gasteiger partial charge in [-0.3, -0.25) is 14.5 Å². The van der Waals surface area contributed by atoms with Crippen molar-refractivity contribution >= 4 is 11.8 Å².